The van der Waals surface area contributed by atoms with E-state index in [-0.39, 0.29) is 17.8 Å². The van der Waals surface area contributed by atoms with Crippen LogP contribution >= 0.6 is 0 Å². The maximum atomic E-state index is 11.9. The highest BCUT2D eigenvalue weighted by Crippen LogP contribution is 2.86. The fraction of sp³-hybridized carbons (Fsp3) is 0.985. The van der Waals surface area contributed by atoms with Gasteiger partial charge in [-0.2, -0.15) is 0 Å². The monoisotopic (exact) mass is 1060 g/mol. The van der Waals surface area contributed by atoms with Crippen LogP contribution < -0.4 is 18.1 Å². The molecule has 28 saturated carbocycles. The van der Waals surface area contributed by atoms with Crippen LogP contribution in [0.5, 0.6) is 0 Å². The zero-order valence-corrected chi connectivity index (χ0v) is 49.6. The molecule has 0 aromatic heterocycles. The molecule has 5 N–H and O–H groups in total. The molecule has 28 aliphatic carbocycles. The lowest BCUT2D eigenvalue weighted by Crippen LogP contribution is -3.00. The van der Waals surface area contributed by atoms with Crippen molar-refractivity contribution >= 4 is 5.97 Å². The van der Waals surface area contributed by atoms with Crippen molar-refractivity contribution in [3.05, 3.63) is 10.4 Å². The fourth-order valence-electron chi connectivity index (χ4n) is 33.5. The van der Waals surface area contributed by atoms with Crippen LogP contribution in [0.2, 0.25) is 0 Å². The molecule has 0 aromatic rings. The molecular weight excluding hydrogens is 956 g/mol. The number of carbonyl (C=O) groups is 1. The van der Waals surface area contributed by atoms with Crippen molar-refractivity contribution in [3.63, 3.8) is 0 Å². The van der Waals surface area contributed by atoms with Gasteiger partial charge >= 0.3 is 5.97 Å². The smallest absolute Gasteiger partial charge is 0.309 e. The predicted molar refractivity (Wildman–Crippen MR) is 292 cm³/mol. The quantitative estimate of drug-likeness (QED) is 0.144. The van der Waals surface area contributed by atoms with E-state index < -0.39 is 5.97 Å². The van der Waals surface area contributed by atoms with E-state index >= 15 is 0 Å². The Morgan fingerprint density at radius 1 is 0.434 bits per heavy atom. The average molecular weight is 1060 g/mol. The third-order valence-electron chi connectivity index (χ3n) is 35.0. The molecule has 32 bridgehead atoms. The first-order valence-corrected chi connectivity index (χ1v) is 33.1. The van der Waals surface area contributed by atoms with Gasteiger partial charge in [0.05, 0.1) is 12.0 Å². The van der Waals surface area contributed by atoms with Crippen molar-refractivity contribution in [2.45, 2.75) is 209 Å². The Bertz CT molecular complexity index is 2410. The Morgan fingerprint density at radius 3 is 1.01 bits per heavy atom. The van der Waals surface area contributed by atoms with Gasteiger partial charge in [0.2, 0.25) is 0 Å². The van der Waals surface area contributed by atoms with Crippen LogP contribution in [0.25, 0.3) is 10.4 Å². The number of aliphatic hydroxyl groups excluding tert-OH is 1. The van der Waals surface area contributed by atoms with E-state index in [0.29, 0.717) is 67.2 Å². The van der Waals surface area contributed by atoms with Crippen LogP contribution in [0.3, 0.4) is 0 Å². The highest BCUT2D eigenvalue weighted by Gasteiger charge is 2.80. The summed E-state index contributed by atoms with van der Waals surface area (Å²) in [5.74, 6) is 18.9. The summed E-state index contributed by atoms with van der Waals surface area (Å²) >= 11 is 0. The molecule has 420 valence electrons. The largest absolute Gasteiger partial charge is 1.00 e. The van der Waals surface area contributed by atoms with Gasteiger partial charge in [0.1, 0.15) is 0 Å². The third kappa shape index (κ3) is 5.60. The SMILES string of the molecule is CC12CC3CC4C1CC1(C(=O)O)CC2C(C3)C4(C)C1.CC12CC3CC4C1CC1(CN=[N+]=[N-])CC2C(C3)C4(C)C1.CC12CC3CC4C1CC1(CO)CC2C(C3)C4(C)C1.CC12CC3CC4C1CC1(C[NH3+])CC2C(C3)C4(C)C1.[Cl-]. The van der Waals surface area contributed by atoms with Crippen molar-refractivity contribution in [2.75, 3.05) is 19.7 Å². The van der Waals surface area contributed by atoms with E-state index in [4.69, 9.17) is 5.53 Å². The molecule has 0 radical (unpaired) electrons. The van der Waals surface area contributed by atoms with Crippen LogP contribution in [-0.4, -0.2) is 35.9 Å². The standard InChI is InChI=1S/C17H25N3.C17H27N.C17H24O2.C17H26O.ClH/c1-15-5-10-3-11-13(15)6-17(9-19-20-18)7-14(15)12(4-10)16(11,2)8-17;1-15-5-10-3-11-13(15)6-17(9-18)7-14(15)12(4-10)16(11,2)8-17;1-15-5-9-3-10-12(15)6-17(14(18)19)7-13(15)11(4-9)16(10,2)8-17;1-15-5-10-3-11-13(15)6-17(9-18)7-14(15)12(4-10)16(11,2)8-17;/h10-14H,3-9H2,1-2H3;10-14H,3-9,18H2,1-2H3;9-13H,3-8H2,1-2H3,(H,18,19);10-14,18H,3-9H2,1-2H3;1H. The summed E-state index contributed by atoms with van der Waals surface area (Å²) in [4.78, 5) is 15.0. The number of rotatable bonds is 5. The summed E-state index contributed by atoms with van der Waals surface area (Å²) in [6.07, 6.45) is 33.8. The number of aliphatic carboxylic acids is 1. The number of aliphatic hydroxyl groups is 1. The first-order valence-electron chi connectivity index (χ1n) is 33.1. The van der Waals surface area contributed by atoms with Gasteiger partial charge < -0.3 is 28.4 Å². The second-order valence-corrected chi connectivity index (χ2v) is 37.1. The van der Waals surface area contributed by atoms with Crippen LogP contribution in [0.4, 0.5) is 0 Å². The second kappa shape index (κ2) is 14.8. The van der Waals surface area contributed by atoms with Gasteiger partial charge in [-0.3, -0.25) is 4.79 Å². The van der Waals surface area contributed by atoms with Crippen molar-refractivity contribution in [1.82, 2.24) is 0 Å². The molecule has 0 heterocycles. The Balaban J connectivity index is 0.0000000851. The minimum atomic E-state index is -0.481. The number of hydrogen-bond donors (Lipinski definition) is 3. The van der Waals surface area contributed by atoms with Gasteiger partial charge in [-0.05, 0) is 332 Å². The van der Waals surface area contributed by atoms with Gasteiger partial charge in [-0.25, -0.2) is 0 Å². The highest BCUT2D eigenvalue weighted by molar-refractivity contribution is 5.76. The van der Waals surface area contributed by atoms with Crippen LogP contribution in [0.15, 0.2) is 5.11 Å². The van der Waals surface area contributed by atoms with Gasteiger partial charge in [-0.15, -0.1) is 0 Å². The average Bonchev–Trinajstić information content (AvgIpc) is 3.52. The Hall–Kier alpha value is -1.01. The number of quaternary nitrogens is 1. The fourth-order valence-corrected chi connectivity index (χ4v) is 33.5. The topological polar surface area (TPSA) is 134 Å². The zero-order chi connectivity index (χ0) is 51.6. The Labute approximate surface area is 464 Å². The van der Waals surface area contributed by atoms with E-state index in [0.717, 1.165) is 143 Å². The molecule has 7 nitrogen and oxygen atoms in total. The van der Waals surface area contributed by atoms with Gasteiger partial charge in [-0.1, -0.05) is 60.5 Å². The van der Waals surface area contributed by atoms with Crippen molar-refractivity contribution in [2.24, 2.45) is 188 Å². The van der Waals surface area contributed by atoms with Gasteiger partial charge in [0.25, 0.3) is 0 Å². The number of nitrogens with zero attached hydrogens (tertiary/aromatic N) is 3. The maximum Gasteiger partial charge on any atom is 0.309 e. The molecule has 16 atom stereocenters. The molecule has 28 rings (SSSR count). The van der Waals surface area contributed by atoms with Crippen molar-refractivity contribution in [3.8, 4) is 0 Å². The molecule has 76 heavy (non-hydrogen) atoms. The van der Waals surface area contributed by atoms with E-state index in [1.807, 2.05) is 0 Å². The molecule has 0 spiro atoms. The third-order valence-corrected chi connectivity index (χ3v) is 35.0. The van der Waals surface area contributed by atoms with E-state index in [9.17, 15) is 15.0 Å². The van der Waals surface area contributed by atoms with Crippen LogP contribution in [-0.2, 0) is 4.79 Å². The summed E-state index contributed by atoms with van der Waals surface area (Å²) in [5.41, 5.74) is 18.9. The van der Waals surface area contributed by atoms with Crippen molar-refractivity contribution < 1.29 is 33.1 Å². The lowest BCUT2D eigenvalue weighted by molar-refractivity contribution is -0.423. The molecule has 16 unspecified atom stereocenters. The molecule has 0 aliphatic heterocycles. The van der Waals surface area contributed by atoms with E-state index in [2.05, 4.69) is 71.1 Å². The minimum Gasteiger partial charge on any atom is -1.00 e. The normalized spacial score (nSPS) is 67.7. The minimum absolute atomic E-state index is 0. The second-order valence-electron chi connectivity index (χ2n) is 37.1. The zero-order valence-electron chi connectivity index (χ0n) is 48.9. The van der Waals surface area contributed by atoms with Gasteiger partial charge in [0, 0.05) is 23.5 Å². The molecule has 0 amide bonds. The highest BCUT2D eigenvalue weighted by atomic mass is 35.5. The summed E-state index contributed by atoms with van der Waals surface area (Å²) in [7, 11) is 0. The molecule has 0 aromatic carbocycles. The number of azide groups is 1. The maximum absolute atomic E-state index is 11.9. The molecule has 0 saturated heterocycles. The lowest BCUT2D eigenvalue weighted by Gasteiger charge is -2.80. The molecule has 28 aliphatic rings. The predicted octanol–water partition coefficient (Wildman–Crippen LogP) is 11.5. The molecule has 8 heteroatoms. The number of carboxylic acids is 1. The molecule has 28 fully saturated rings. The summed E-state index contributed by atoms with van der Waals surface area (Å²) in [5, 5.41) is 23.9. The first kappa shape index (κ1) is 50.7. The van der Waals surface area contributed by atoms with Gasteiger partial charge in [0.15, 0.2) is 0 Å². The number of carboxylic acid groups (broad SMARTS) is 1. The van der Waals surface area contributed by atoms with Crippen molar-refractivity contribution in [1.29, 1.82) is 0 Å². The number of hydrogen-bond acceptors (Lipinski definition) is 3. The van der Waals surface area contributed by atoms with Crippen LogP contribution in [0.1, 0.15) is 209 Å². The van der Waals surface area contributed by atoms with E-state index in [1.165, 1.54) is 109 Å². The first-order chi connectivity index (χ1) is 35.4. The van der Waals surface area contributed by atoms with E-state index in [1.54, 1.807) is 32.1 Å². The Kier molecular flexibility index (Phi) is 9.90. The summed E-state index contributed by atoms with van der Waals surface area (Å²) in [6.45, 7) is 23.3. The Morgan fingerprint density at radius 2 is 0.711 bits per heavy atom. The molecular formula is C68H103ClN4O3. The lowest BCUT2D eigenvalue weighted by atomic mass is 9.25. The summed E-state index contributed by atoms with van der Waals surface area (Å²) < 4.78 is 0. The van der Waals surface area contributed by atoms with Crippen LogP contribution in [0, 0.1) is 183 Å². The number of halogens is 1. The summed E-state index contributed by atoms with van der Waals surface area (Å²) in [6, 6.07) is 0.